The van der Waals surface area contributed by atoms with Crippen molar-refractivity contribution < 1.29 is 9.59 Å². The molecule has 0 aliphatic carbocycles. The van der Waals surface area contributed by atoms with Crippen LogP contribution in [0.4, 0.5) is 5.69 Å². The molecule has 1 saturated heterocycles. The first-order valence-corrected chi connectivity index (χ1v) is 7.51. The van der Waals surface area contributed by atoms with Crippen LogP contribution in [0, 0.1) is 13.8 Å². The second kappa shape index (κ2) is 5.00. The van der Waals surface area contributed by atoms with Crippen molar-refractivity contribution in [2.45, 2.75) is 13.8 Å². The molecule has 3 N–H and O–H groups in total. The third-order valence-corrected chi connectivity index (χ3v) is 4.63. The van der Waals surface area contributed by atoms with E-state index in [1.807, 2.05) is 19.9 Å². The smallest absolute Gasteiger partial charge is 0.266 e. The molecular weight excluding hydrogens is 288 g/mol. The zero-order chi connectivity index (χ0) is 15.1. The van der Waals surface area contributed by atoms with Crippen molar-refractivity contribution in [1.82, 2.24) is 15.2 Å². The summed E-state index contributed by atoms with van der Waals surface area (Å²) in [7, 11) is 0. The molecule has 2 amide bonds. The summed E-state index contributed by atoms with van der Waals surface area (Å²) < 4.78 is 0. The van der Waals surface area contributed by atoms with Gasteiger partial charge in [0.1, 0.15) is 9.71 Å². The number of carbonyl (C=O) groups excluding carboxylic acids is 2. The van der Waals surface area contributed by atoms with Crippen LogP contribution in [-0.2, 0) is 4.79 Å². The minimum absolute atomic E-state index is 0.0813. The van der Waals surface area contributed by atoms with Gasteiger partial charge in [0.25, 0.3) is 5.91 Å². The molecule has 3 rings (SSSR count). The molecule has 0 aromatic carbocycles. The number of aryl methyl sites for hydroxylation is 2. The van der Waals surface area contributed by atoms with Crippen molar-refractivity contribution in [2.24, 2.45) is 0 Å². The number of nitrogens with two attached hydrogens (primary N) is 1. The molecule has 1 aliphatic heterocycles. The van der Waals surface area contributed by atoms with E-state index in [4.69, 9.17) is 5.73 Å². The van der Waals surface area contributed by atoms with Gasteiger partial charge in [-0.3, -0.25) is 9.59 Å². The molecular formula is C14H16N4O2S. The Morgan fingerprint density at radius 2 is 2.24 bits per heavy atom. The number of anilines is 1. The number of hydrogen-bond donors (Lipinski definition) is 2. The topological polar surface area (TPSA) is 88.3 Å². The van der Waals surface area contributed by atoms with E-state index >= 15 is 0 Å². The van der Waals surface area contributed by atoms with Crippen LogP contribution in [0.25, 0.3) is 10.2 Å². The van der Waals surface area contributed by atoms with Crippen molar-refractivity contribution in [3.8, 4) is 0 Å². The molecule has 1 fully saturated rings. The molecule has 3 heterocycles. The van der Waals surface area contributed by atoms with E-state index < -0.39 is 0 Å². The van der Waals surface area contributed by atoms with Gasteiger partial charge in [0.05, 0.1) is 12.2 Å². The number of nitrogens with zero attached hydrogens (tertiary/aromatic N) is 2. The number of thiophene rings is 1. The number of nitrogen functional groups attached to an aromatic ring is 1. The van der Waals surface area contributed by atoms with Gasteiger partial charge in [0.2, 0.25) is 5.91 Å². The first-order valence-electron chi connectivity index (χ1n) is 6.69. The summed E-state index contributed by atoms with van der Waals surface area (Å²) in [6.07, 6.45) is 0. The van der Waals surface area contributed by atoms with Gasteiger partial charge >= 0.3 is 0 Å². The average molecular weight is 304 g/mol. The van der Waals surface area contributed by atoms with Crippen LogP contribution in [0.5, 0.6) is 0 Å². The van der Waals surface area contributed by atoms with E-state index in [0.717, 1.165) is 21.5 Å². The van der Waals surface area contributed by atoms with Crippen LogP contribution in [0.2, 0.25) is 0 Å². The number of rotatable bonds is 1. The van der Waals surface area contributed by atoms with E-state index in [1.165, 1.54) is 16.2 Å². The predicted octanol–water partition coefficient (Wildman–Crippen LogP) is 1.07. The van der Waals surface area contributed by atoms with Crippen molar-refractivity contribution in [3.05, 3.63) is 22.2 Å². The van der Waals surface area contributed by atoms with Crippen LogP contribution in [0.3, 0.4) is 0 Å². The van der Waals surface area contributed by atoms with Gasteiger partial charge in [-0.05, 0) is 25.5 Å². The molecule has 1 aliphatic rings. The Bertz CT molecular complexity index is 753. The maximum absolute atomic E-state index is 12.6. The highest BCUT2D eigenvalue weighted by atomic mass is 32.1. The molecule has 6 nitrogen and oxygen atoms in total. The molecule has 2 aromatic heterocycles. The highest BCUT2D eigenvalue weighted by Gasteiger charge is 2.26. The minimum Gasteiger partial charge on any atom is -0.397 e. The van der Waals surface area contributed by atoms with Crippen molar-refractivity contribution in [3.63, 3.8) is 0 Å². The fourth-order valence-electron chi connectivity index (χ4n) is 2.58. The zero-order valence-electron chi connectivity index (χ0n) is 11.9. The van der Waals surface area contributed by atoms with Crippen LogP contribution < -0.4 is 11.1 Å². The lowest BCUT2D eigenvalue weighted by molar-refractivity contribution is -0.123. The van der Waals surface area contributed by atoms with Crippen LogP contribution >= 0.6 is 11.3 Å². The van der Waals surface area contributed by atoms with E-state index in [0.29, 0.717) is 23.7 Å². The summed E-state index contributed by atoms with van der Waals surface area (Å²) >= 11 is 1.30. The maximum Gasteiger partial charge on any atom is 0.266 e. The van der Waals surface area contributed by atoms with E-state index in [2.05, 4.69) is 10.3 Å². The number of aromatic nitrogens is 1. The van der Waals surface area contributed by atoms with Gasteiger partial charge < -0.3 is 16.0 Å². The van der Waals surface area contributed by atoms with Gasteiger partial charge in [-0.2, -0.15) is 0 Å². The second-order valence-corrected chi connectivity index (χ2v) is 6.18. The Balaban J connectivity index is 2.04. The lowest BCUT2D eigenvalue weighted by Crippen LogP contribution is -2.49. The Kier molecular flexibility index (Phi) is 3.29. The van der Waals surface area contributed by atoms with Crippen molar-refractivity contribution in [1.29, 1.82) is 0 Å². The largest absolute Gasteiger partial charge is 0.397 e. The van der Waals surface area contributed by atoms with E-state index in [9.17, 15) is 9.59 Å². The highest BCUT2D eigenvalue weighted by molar-refractivity contribution is 7.21. The normalized spacial score (nSPS) is 15.3. The fraction of sp³-hybridized carbons (Fsp3) is 0.357. The summed E-state index contributed by atoms with van der Waals surface area (Å²) in [5.74, 6) is -0.332. The molecule has 7 heteroatoms. The van der Waals surface area contributed by atoms with Crippen LogP contribution in [0.1, 0.15) is 20.9 Å². The Morgan fingerprint density at radius 3 is 2.95 bits per heavy atom. The van der Waals surface area contributed by atoms with Crippen LogP contribution in [-0.4, -0.2) is 41.3 Å². The molecule has 110 valence electrons. The molecule has 0 radical (unpaired) electrons. The first-order chi connectivity index (χ1) is 9.97. The average Bonchev–Trinajstić information content (AvgIpc) is 2.75. The summed E-state index contributed by atoms with van der Waals surface area (Å²) in [5, 5.41) is 3.55. The number of pyridine rings is 1. The predicted molar refractivity (Wildman–Crippen MR) is 82.4 cm³/mol. The summed E-state index contributed by atoms with van der Waals surface area (Å²) in [6, 6.07) is 1.95. The monoisotopic (exact) mass is 304 g/mol. The van der Waals surface area contributed by atoms with Gasteiger partial charge in [0, 0.05) is 24.2 Å². The number of hydrogen-bond acceptors (Lipinski definition) is 5. The summed E-state index contributed by atoms with van der Waals surface area (Å²) in [6.45, 7) is 4.94. The Hall–Kier alpha value is -2.15. The lowest BCUT2D eigenvalue weighted by Gasteiger charge is -2.26. The Labute approximate surface area is 125 Å². The van der Waals surface area contributed by atoms with Gasteiger partial charge in [-0.15, -0.1) is 11.3 Å². The van der Waals surface area contributed by atoms with E-state index in [-0.39, 0.29) is 18.4 Å². The molecule has 0 bridgehead atoms. The number of carbonyl (C=O) groups is 2. The van der Waals surface area contributed by atoms with E-state index in [1.54, 1.807) is 0 Å². The quantitative estimate of drug-likeness (QED) is 0.825. The van der Waals surface area contributed by atoms with Gasteiger partial charge in [0.15, 0.2) is 0 Å². The SMILES string of the molecule is Cc1cc(C)c2c(N)c(C(=O)N3CCNC(=O)C3)sc2n1. The molecule has 0 atom stereocenters. The zero-order valence-corrected chi connectivity index (χ0v) is 12.7. The molecule has 21 heavy (non-hydrogen) atoms. The molecule has 2 aromatic rings. The number of nitrogens with one attached hydrogen (secondary N) is 1. The molecule has 0 unspecified atom stereocenters. The van der Waals surface area contributed by atoms with Gasteiger partial charge in [-0.1, -0.05) is 0 Å². The number of amides is 2. The third-order valence-electron chi connectivity index (χ3n) is 3.54. The van der Waals surface area contributed by atoms with Crippen molar-refractivity contribution >= 4 is 39.1 Å². The van der Waals surface area contributed by atoms with Crippen LogP contribution in [0.15, 0.2) is 6.07 Å². The first kappa shape index (κ1) is 13.8. The van der Waals surface area contributed by atoms with Gasteiger partial charge in [-0.25, -0.2) is 4.98 Å². The molecule has 0 saturated carbocycles. The molecule has 0 spiro atoms. The fourth-order valence-corrected chi connectivity index (χ4v) is 3.77. The minimum atomic E-state index is -0.192. The van der Waals surface area contributed by atoms with Crippen molar-refractivity contribution in [2.75, 3.05) is 25.4 Å². The third kappa shape index (κ3) is 2.33. The maximum atomic E-state index is 12.6. The lowest BCUT2D eigenvalue weighted by atomic mass is 10.1. The second-order valence-electron chi connectivity index (χ2n) is 5.18. The highest BCUT2D eigenvalue weighted by Crippen LogP contribution is 2.35. The standard InChI is InChI=1S/C14H16N4O2S/c1-7-5-8(2)17-13-10(7)11(15)12(21-13)14(20)18-4-3-16-9(19)6-18/h5H,3-4,6,15H2,1-2H3,(H,16,19). The number of piperazine rings is 1. The number of fused-ring (bicyclic) bond motifs is 1. The Morgan fingerprint density at radius 1 is 1.48 bits per heavy atom. The summed E-state index contributed by atoms with van der Waals surface area (Å²) in [4.78, 5) is 31.2. The summed E-state index contributed by atoms with van der Waals surface area (Å²) in [5.41, 5.74) is 8.54.